The quantitative estimate of drug-likeness (QED) is 0.561. The highest BCUT2D eigenvalue weighted by Crippen LogP contribution is 2.42. The molecule has 2 aliphatic heterocycles. The molecule has 2 saturated heterocycles. The Balaban J connectivity index is 1.59. The maximum Gasteiger partial charge on any atom is 0.534 e. The van der Waals surface area contributed by atoms with Crippen LogP contribution in [0.2, 0.25) is 0 Å². The molecule has 1 saturated carbocycles. The second kappa shape index (κ2) is 5.05. The van der Waals surface area contributed by atoms with Crippen LogP contribution in [0.1, 0.15) is 44.9 Å². The largest absolute Gasteiger partial charge is 0.534 e. The Labute approximate surface area is 116 Å². The maximum absolute atomic E-state index is 11.7. The first-order valence-electron chi connectivity index (χ1n) is 6.99. The number of rotatable bonds is 2. The highest BCUT2D eigenvalue weighted by molar-refractivity contribution is 6.01. The van der Waals surface area contributed by atoms with E-state index in [9.17, 15) is 14.4 Å². The molecule has 1 aliphatic carbocycles. The van der Waals surface area contributed by atoms with Crippen LogP contribution in [0.5, 0.6) is 0 Å². The Kier molecular flexibility index (Phi) is 3.37. The van der Waals surface area contributed by atoms with E-state index in [1.54, 1.807) is 0 Å². The molecule has 2 atom stereocenters. The van der Waals surface area contributed by atoms with Crippen LogP contribution in [-0.4, -0.2) is 41.3 Å². The van der Waals surface area contributed by atoms with Crippen LogP contribution < -0.4 is 0 Å². The van der Waals surface area contributed by atoms with Crippen molar-refractivity contribution in [3.05, 3.63) is 0 Å². The molecule has 110 valence electrons. The topological polar surface area (TPSA) is 82.1 Å². The molecule has 0 aromatic rings. The highest BCUT2D eigenvalue weighted by Gasteiger charge is 2.49. The number of hydrogen-bond donors (Lipinski definition) is 0. The predicted octanol–water partition coefficient (Wildman–Crippen LogP) is 1.31. The summed E-state index contributed by atoms with van der Waals surface area (Å²) in [5.41, 5.74) is -0.391. The Morgan fingerprint density at radius 3 is 2.55 bits per heavy atom. The first kappa shape index (κ1) is 13.4. The minimum Gasteiger partial charge on any atom is -0.426 e. The lowest BCUT2D eigenvalue weighted by Gasteiger charge is -2.29. The fraction of sp³-hybridized carbons (Fsp3) is 0.769. The average Bonchev–Trinajstić information content (AvgIpc) is 3.11. The lowest BCUT2D eigenvalue weighted by molar-refractivity contribution is -0.182. The summed E-state index contributed by atoms with van der Waals surface area (Å²) in [5.74, 6) is -1.02. The molecule has 3 rings (SSSR count). The lowest BCUT2D eigenvalue weighted by atomic mass is 9.96. The van der Waals surface area contributed by atoms with Gasteiger partial charge in [-0.15, -0.1) is 0 Å². The van der Waals surface area contributed by atoms with Gasteiger partial charge >= 0.3 is 6.16 Å². The molecule has 7 nitrogen and oxygen atoms in total. The molecular weight excluding hydrogens is 266 g/mol. The van der Waals surface area contributed by atoms with Crippen molar-refractivity contribution >= 4 is 18.0 Å². The van der Waals surface area contributed by atoms with E-state index in [1.807, 2.05) is 0 Å². The van der Waals surface area contributed by atoms with E-state index in [-0.39, 0.29) is 18.9 Å². The van der Waals surface area contributed by atoms with E-state index in [2.05, 4.69) is 0 Å². The van der Waals surface area contributed by atoms with Crippen molar-refractivity contribution in [3.8, 4) is 0 Å². The number of hydrogen-bond acceptors (Lipinski definition) is 6. The summed E-state index contributed by atoms with van der Waals surface area (Å²) in [5, 5.41) is 0.499. The molecule has 2 amide bonds. The molecule has 0 bridgehead atoms. The molecule has 0 N–H and O–H groups in total. The minimum absolute atomic E-state index is 0.0720. The van der Waals surface area contributed by atoms with Crippen LogP contribution in [0.4, 0.5) is 4.79 Å². The van der Waals surface area contributed by atoms with Crippen molar-refractivity contribution in [2.24, 2.45) is 0 Å². The molecular formula is C13H17NO6. The summed E-state index contributed by atoms with van der Waals surface area (Å²) in [6, 6.07) is 0. The standard InChI is InChI=1S/C13H17NO6/c15-10-4-5-11(16)14(10)20-12(17)19-9-3-1-6-13(9)7-2-8-18-13/h9H,1-8H2. The predicted molar refractivity (Wildman–Crippen MR) is 64.2 cm³/mol. The first-order valence-corrected chi connectivity index (χ1v) is 6.99. The summed E-state index contributed by atoms with van der Waals surface area (Å²) >= 11 is 0. The van der Waals surface area contributed by atoms with Gasteiger partial charge in [0.05, 0.1) is 0 Å². The molecule has 3 fully saturated rings. The third-order valence-corrected chi connectivity index (χ3v) is 4.20. The SMILES string of the molecule is O=C(OC1CCCC12CCCO2)ON1C(=O)CCC1=O. The fourth-order valence-corrected chi connectivity index (χ4v) is 3.22. The number of imide groups is 1. The maximum atomic E-state index is 11.7. The second-order valence-corrected chi connectivity index (χ2v) is 5.44. The Morgan fingerprint density at radius 1 is 1.20 bits per heavy atom. The summed E-state index contributed by atoms with van der Waals surface area (Å²) < 4.78 is 11.0. The number of hydroxylamine groups is 2. The van der Waals surface area contributed by atoms with Crippen molar-refractivity contribution in [3.63, 3.8) is 0 Å². The molecule has 20 heavy (non-hydrogen) atoms. The van der Waals surface area contributed by atoms with Gasteiger partial charge in [0.15, 0.2) is 0 Å². The fourth-order valence-electron chi connectivity index (χ4n) is 3.22. The molecule has 2 unspecified atom stereocenters. The Morgan fingerprint density at radius 2 is 1.90 bits per heavy atom. The van der Waals surface area contributed by atoms with Crippen molar-refractivity contribution in [1.82, 2.24) is 5.06 Å². The van der Waals surface area contributed by atoms with Gasteiger partial charge < -0.3 is 9.47 Å². The third-order valence-electron chi connectivity index (χ3n) is 4.20. The normalized spacial score (nSPS) is 33.2. The molecule has 7 heteroatoms. The van der Waals surface area contributed by atoms with E-state index < -0.39 is 23.6 Å². The van der Waals surface area contributed by atoms with Gasteiger partial charge in [0.1, 0.15) is 11.7 Å². The Bertz CT molecular complexity index is 421. The van der Waals surface area contributed by atoms with Gasteiger partial charge in [-0.2, -0.15) is 0 Å². The van der Waals surface area contributed by atoms with E-state index in [4.69, 9.17) is 14.3 Å². The van der Waals surface area contributed by atoms with Gasteiger partial charge in [-0.05, 0) is 32.1 Å². The van der Waals surface area contributed by atoms with E-state index in [0.29, 0.717) is 11.7 Å². The van der Waals surface area contributed by atoms with Crippen LogP contribution >= 0.6 is 0 Å². The molecule has 3 aliphatic rings. The zero-order valence-electron chi connectivity index (χ0n) is 11.1. The average molecular weight is 283 g/mol. The summed E-state index contributed by atoms with van der Waals surface area (Å²) in [4.78, 5) is 39.2. The Hall–Kier alpha value is -1.63. The number of ether oxygens (including phenoxy) is 2. The van der Waals surface area contributed by atoms with Crippen molar-refractivity contribution < 1.29 is 28.7 Å². The van der Waals surface area contributed by atoms with Crippen LogP contribution in [0.15, 0.2) is 0 Å². The molecule has 2 heterocycles. The van der Waals surface area contributed by atoms with Crippen LogP contribution in [0.25, 0.3) is 0 Å². The number of carbonyl (C=O) groups is 3. The van der Waals surface area contributed by atoms with Crippen molar-refractivity contribution in [1.29, 1.82) is 0 Å². The summed E-state index contributed by atoms with van der Waals surface area (Å²) in [6.07, 6.45) is 3.12. The number of amides is 2. The number of carbonyl (C=O) groups excluding carboxylic acids is 3. The van der Waals surface area contributed by atoms with Gasteiger partial charge in [-0.1, -0.05) is 5.06 Å². The zero-order chi connectivity index (χ0) is 14.2. The van der Waals surface area contributed by atoms with Gasteiger partial charge in [0.25, 0.3) is 11.8 Å². The van der Waals surface area contributed by atoms with Crippen LogP contribution in [0, 0.1) is 0 Å². The smallest absolute Gasteiger partial charge is 0.426 e. The minimum atomic E-state index is -1.00. The van der Waals surface area contributed by atoms with E-state index in [1.165, 1.54) is 0 Å². The van der Waals surface area contributed by atoms with Crippen molar-refractivity contribution in [2.45, 2.75) is 56.7 Å². The van der Waals surface area contributed by atoms with E-state index in [0.717, 1.165) is 32.1 Å². The van der Waals surface area contributed by atoms with Gasteiger partial charge in [-0.3, -0.25) is 14.4 Å². The zero-order valence-corrected chi connectivity index (χ0v) is 11.1. The number of nitrogens with zero attached hydrogens (tertiary/aromatic N) is 1. The third kappa shape index (κ3) is 2.26. The van der Waals surface area contributed by atoms with Crippen molar-refractivity contribution in [2.75, 3.05) is 6.61 Å². The molecule has 0 aromatic heterocycles. The van der Waals surface area contributed by atoms with Gasteiger partial charge in [0, 0.05) is 19.4 Å². The van der Waals surface area contributed by atoms with E-state index >= 15 is 0 Å². The second-order valence-electron chi connectivity index (χ2n) is 5.44. The van der Waals surface area contributed by atoms with Crippen LogP contribution in [0.3, 0.4) is 0 Å². The summed E-state index contributed by atoms with van der Waals surface area (Å²) in [6.45, 7) is 0.679. The lowest BCUT2D eigenvalue weighted by Crippen LogP contribution is -2.41. The van der Waals surface area contributed by atoms with Gasteiger partial charge in [-0.25, -0.2) is 4.79 Å². The first-order chi connectivity index (χ1) is 9.61. The van der Waals surface area contributed by atoms with Gasteiger partial charge in [0.2, 0.25) is 0 Å². The molecule has 0 aromatic carbocycles. The summed E-state index contributed by atoms with van der Waals surface area (Å²) in [7, 11) is 0. The molecule has 0 radical (unpaired) electrons. The van der Waals surface area contributed by atoms with Crippen LogP contribution in [-0.2, 0) is 23.9 Å². The highest BCUT2D eigenvalue weighted by atomic mass is 16.8. The molecule has 1 spiro atoms. The monoisotopic (exact) mass is 283 g/mol.